The molecule has 1 aliphatic heterocycles. The van der Waals surface area contributed by atoms with Crippen LogP contribution in [0.15, 0.2) is 53.4 Å². The van der Waals surface area contributed by atoms with Crippen LogP contribution >= 0.6 is 11.8 Å². The highest BCUT2D eigenvalue weighted by Gasteiger charge is 2.40. The smallest absolute Gasteiger partial charge is 0.337 e. The van der Waals surface area contributed by atoms with E-state index in [2.05, 4.69) is 4.74 Å². The summed E-state index contributed by atoms with van der Waals surface area (Å²) in [6.45, 7) is 0. The first-order valence-electron chi connectivity index (χ1n) is 7.57. The minimum absolute atomic E-state index is 0.122. The normalized spacial score (nSPS) is 17.0. The monoisotopic (exact) mass is 356 g/mol. The average Bonchev–Trinajstić information content (AvgIpc) is 2.88. The van der Waals surface area contributed by atoms with Gasteiger partial charge in [-0.25, -0.2) is 9.69 Å². The lowest BCUT2D eigenvalue weighted by Crippen LogP contribution is -2.31. The lowest BCUT2D eigenvalue weighted by molar-refractivity contribution is -0.121. The molecule has 1 unspecified atom stereocenters. The number of hydrogen-bond acceptors (Lipinski definition) is 6. The fraction of sp³-hybridized carbons (Fsp3) is 0.167. The SMILES string of the molecule is COC(=O)c1ccc(N2C(=O)CC(Sc3cccc(N)c3)C2=O)cc1. The Bertz CT molecular complexity index is 835. The zero-order chi connectivity index (χ0) is 18.0. The van der Waals surface area contributed by atoms with Crippen LogP contribution in [0.5, 0.6) is 0 Å². The van der Waals surface area contributed by atoms with Crippen molar-refractivity contribution in [3.63, 3.8) is 0 Å². The molecule has 0 saturated carbocycles. The number of carbonyl (C=O) groups excluding carboxylic acids is 3. The van der Waals surface area contributed by atoms with Gasteiger partial charge in [0.2, 0.25) is 11.8 Å². The Balaban J connectivity index is 1.78. The Morgan fingerprint density at radius 2 is 1.92 bits per heavy atom. The van der Waals surface area contributed by atoms with Crippen LogP contribution in [0.3, 0.4) is 0 Å². The summed E-state index contributed by atoms with van der Waals surface area (Å²) in [6, 6.07) is 13.4. The zero-order valence-corrected chi connectivity index (χ0v) is 14.3. The summed E-state index contributed by atoms with van der Waals surface area (Å²) in [5, 5.41) is -0.491. The van der Waals surface area contributed by atoms with Gasteiger partial charge in [-0.1, -0.05) is 6.07 Å². The van der Waals surface area contributed by atoms with E-state index in [1.807, 2.05) is 12.1 Å². The van der Waals surface area contributed by atoms with Gasteiger partial charge in [-0.3, -0.25) is 9.59 Å². The molecule has 0 aromatic heterocycles. The summed E-state index contributed by atoms with van der Waals surface area (Å²) in [5.74, 6) is -1.01. The Hall–Kier alpha value is -2.80. The third kappa shape index (κ3) is 3.51. The van der Waals surface area contributed by atoms with Gasteiger partial charge in [0, 0.05) is 17.0 Å². The number of carbonyl (C=O) groups is 3. The van der Waals surface area contributed by atoms with E-state index in [1.54, 1.807) is 24.3 Å². The molecule has 128 valence electrons. The number of esters is 1. The van der Waals surface area contributed by atoms with Crippen molar-refractivity contribution in [3.8, 4) is 0 Å². The van der Waals surface area contributed by atoms with E-state index in [0.717, 1.165) is 9.80 Å². The van der Waals surface area contributed by atoms with Gasteiger partial charge < -0.3 is 10.5 Å². The van der Waals surface area contributed by atoms with Gasteiger partial charge in [0.25, 0.3) is 0 Å². The maximum Gasteiger partial charge on any atom is 0.337 e. The largest absolute Gasteiger partial charge is 0.465 e. The molecule has 2 aromatic rings. The number of imide groups is 1. The fourth-order valence-electron chi connectivity index (χ4n) is 2.58. The number of nitrogens with two attached hydrogens (primary N) is 1. The minimum Gasteiger partial charge on any atom is -0.465 e. The predicted octanol–water partition coefficient (Wildman–Crippen LogP) is 2.48. The summed E-state index contributed by atoms with van der Waals surface area (Å²) in [7, 11) is 1.29. The van der Waals surface area contributed by atoms with Crippen molar-refractivity contribution in [2.75, 3.05) is 17.7 Å². The molecule has 0 radical (unpaired) electrons. The molecule has 1 saturated heterocycles. The highest BCUT2D eigenvalue weighted by atomic mass is 32.2. The lowest BCUT2D eigenvalue weighted by atomic mass is 10.2. The van der Waals surface area contributed by atoms with Gasteiger partial charge in [-0.05, 0) is 42.5 Å². The van der Waals surface area contributed by atoms with Crippen LogP contribution in [-0.4, -0.2) is 30.1 Å². The molecule has 25 heavy (non-hydrogen) atoms. The maximum atomic E-state index is 12.6. The van der Waals surface area contributed by atoms with Crippen molar-refractivity contribution in [3.05, 3.63) is 54.1 Å². The summed E-state index contributed by atoms with van der Waals surface area (Å²) in [5.41, 5.74) is 7.16. The first-order chi connectivity index (χ1) is 12.0. The van der Waals surface area contributed by atoms with Crippen molar-refractivity contribution in [2.45, 2.75) is 16.6 Å². The fourth-order valence-corrected chi connectivity index (χ4v) is 3.71. The molecule has 1 atom stereocenters. The second kappa shape index (κ2) is 6.98. The number of nitrogens with zero attached hydrogens (tertiary/aromatic N) is 1. The van der Waals surface area contributed by atoms with E-state index >= 15 is 0 Å². The number of anilines is 2. The van der Waals surface area contributed by atoms with Gasteiger partial charge in [-0.15, -0.1) is 11.8 Å². The van der Waals surface area contributed by atoms with Crippen molar-refractivity contribution < 1.29 is 19.1 Å². The summed E-state index contributed by atoms with van der Waals surface area (Å²) in [6.07, 6.45) is 0.122. The number of amides is 2. The molecule has 1 heterocycles. The van der Waals surface area contributed by atoms with Crippen molar-refractivity contribution in [1.82, 2.24) is 0 Å². The number of nitrogen functional groups attached to an aromatic ring is 1. The molecule has 1 aliphatic rings. The highest BCUT2D eigenvalue weighted by Crippen LogP contribution is 2.34. The molecule has 3 rings (SSSR count). The summed E-state index contributed by atoms with van der Waals surface area (Å²) in [4.78, 5) is 38.4. The van der Waals surface area contributed by atoms with Gasteiger partial charge in [0.05, 0.1) is 23.6 Å². The predicted molar refractivity (Wildman–Crippen MR) is 95.4 cm³/mol. The van der Waals surface area contributed by atoms with Crippen molar-refractivity contribution >= 4 is 40.9 Å². The average molecular weight is 356 g/mol. The van der Waals surface area contributed by atoms with Crippen LogP contribution in [0.2, 0.25) is 0 Å². The molecular weight excluding hydrogens is 340 g/mol. The third-order valence-corrected chi connectivity index (χ3v) is 4.97. The zero-order valence-electron chi connectivity index (χ0n) is 13.5. The first-order valence-corrected chi connectivity index (χ1v) is 8.45. The molecule has 0 aliphatic carbocycles. The number of benzene rings is 2. The van der Waals surface area contributed by atoms with Gasteiger partial charge >= 0.3 is 5.97 Å². The first kappa shape index (κ1) is 17.0. The van der Waals surface area contributed by atoms with Gasteiger partial charge in [0.1, 0.15) is 0 Å². The van der Waals surface area contributed by atoms with E-state index in [9.17, 15) is 14.4 Å². The molecule has 0 bridgehead atoms. The van der Waals surface area contributed by atoms with E-state index < -0.39 is 11.2 Å². The Morgan fingerprint density at radius 3 is 2.56 bits per heavy atom. The number of rotatable bonds is 4. The van der Waals surface area contributed by atoms with E-state index in [0.29, 0.717) is 16.9 Å². The van der Waals surface area contributed by atoms with Crippen molar-refractivity contribution in [1.29, 1.82) is 0 Å². The van der Waals surface area contributed by atoms with Crippen LogP contribution in [0, 0.1) is 0 Å². The minimum atomic E-state index is -0.491. The maximum absolute atomic E-state index is 12.6. The summed E-state index contributed by atoms with van der Waals surface area (Å²) < 4.78 is 4.64. The lowest BCUT2D eigenvalue weighted by Gasteiger charge is -2.15. The molecule has 2 aromatic carbocycles. The number of methoxy groups -OCH3 is 1. The Kier molecular flexibility index (Phi) is 4.76. The molecule has 2 N–H and O–H groups in total. The van der Waals surface area contributed by atoms with Crippen LogP contribution in [0.4, 0.5) is 11.4 Å². The highest BCUT2D eigenvalue weighted by molar-refractivity contribution is 8.00. The Morgan fingerprint density at radius 1 is 1.20 bits per heavy atom. The number of hydrogen-bond donors (Lipinski definition) is 1. The molecule has 7 heteroatoms. The van der Waals surface area contributed by atoms with Crippen LogP contribution in [0.25, 0.3) is 0 Å². The second-order valence-corrected chi connectivity index (χ2v) is 6.77. The molecular formula is C18H16N2O4S. The molecule has 0 spiro atoms. The molecule has 6 nitrogen and oxygen atoms in total. The quantitative estimate of drug-likeness (QED) is 0.514. The molecule has 2 amide bonds. The molecule has 1 fully saturated rings. The third-order valence-electron chi connectivity index (χ3n) is 3.79. The van der Waals surface area contributed by atoms with Gasteiger partial charge in [0.15, 0.2) is 0 Å². The second-order valence-electron chi connectivity index (χ2n) is 5.49. The Labute approximate surface area is 148 Å². The van der Waals surface area contributed by atoms with Crippen LogP contribution < -0.4 is 10.6 Å². The van der Waals surface area contributed by atoms with Gasteiger partial charge in [-0.2, -0.15) is 0 Å². The topological polar surface area (TPSA) is 89.7 Å². The van der Waals surface area contributed by atoms with Crippen molar-refractivity contribution in [2.24, 2.45) is 0 Å². The number of thioether (sulfide) groups is 1. The van der Waals surface area contributed by atoms with Crippen LogP contribution in [-0.2, 0) is 14.3 Å². The van der Waals surface area contributed by atoms with E-state index in [-0.39, 0.29) is 18.2 Å². The summed E-state index contributed by atoms with van der Waals surface area (Å²) >= 11 is 1.32. The number of ether oxygens (including phenoxy) is 1. The van der Waals surface area contributed by atoms with E-state index in [1.165, 1.54) is 31.0 Å². The standard InChI is InChI=1S/C18H16N2O4S/c1-24-18(23)11-5-7-13(8-6-11)20-16(21)10-15(17(20)22)25-14-4-2-3-12(19)9-14/h2-9,15H,10,19H2,1H3. The van der Waals surface area contributed by atoms with E-state index in [4.69, 9.17) is 5.73 Å². The van der Waals surface area contributed by atoms with Crippen LogP contribution in [0.1, 0.15) is 16.8 Å².